The molecular weight excluding hydrogens is 272 g/mol. The van der Waals surface area contributed by atoms with E-state index in [-0.39, 0.29) is 5.97 Å². The molecule has 0 aromatic heterocycles. The summed E-state index contributed by atoms with van der Waals surface area (Å²) in [6.45, 7) is 2.21. The molecule has 0 bridgehead atoms. The van der Waals surface area contributed by atoms with Gasteiger partial charge in [-0.3, -0.25) is 9.00 Å². The Hall–Kier alpha value is -0.380. The second-order valence-electron chi connectivity index (χ2n) is 5.36. The summed E-state index contributed by atoms with van der Waals surface area (Å²) in [6.07, 6.45) is 12.0. The van der Waals surface area contributed by atoms with Crippen molar-refractivity contribution < 1.29 is 13.7 Å². The highest BCUT2D eigenvalue weighted by atomic mass is 32.2. The number of rotatable bonds is 14. The molecule has 0 aromatic carbocycles. The van der Waals surface area contributed by atoms with Gasteiger partial charge in [0.25, 0.3) is 0 Å². The van der Waals surface area contributed by atoms with Gasteiger partial charge in [0, 0.05) is 28.7 Å². The lowest BCUT2D eigenvalue weighted by Gasteiger charge is -2.03. The Bertz CT molecular complexity index is 254. The molecule has 0 fully saturated rings. The molecule has 4 heteroatoms. The molecule has 0 aromatic rings. The summed E-state index contributed by atoms with van der Waals surface area (Å²) in [5, 5.41) is 0. The quantitative estimate of drug-likeness (QED) is 0.356. The van der Waals surface area contributed by atoms with Crippen molar-refractivity contribution in [3.8, 4) is 0 Å². The molecule has 0 saturated heterocycles. The topological polar surface area (TPSA) is 43.4 Å². The van der Waals surface area contributed by atoms with Crippen molar-refractivity contribution in [2.45, 2.75) is 77.6 Å². The Morgan fingerprint density at radius 2 is 1.35 bits per heavy atom. The molecule has 0 radical (unpaired) electrons. The van der Waals surface area contributed by atoms with Gasteiger partial charge in [-0.1, -0.05) is 51.9 Å². The Labute approximate surface area is 127 Å². The van der Waals surface area contributed by atoms with Crippen LogP contribution in [0.25, 0.3) is 0 Å². The number of hydrogen-bond acceptors (Lipinski definition) is 3. The lowest BCUT2D eigenvalue weighted by Crippen LogP contribution is -2.03. The Balaban J connectivity index is 3.21. The zero-order valence-electron chi connectivity index (χ0n) is 13.3. The van der Waals surface area contributed by atoms with Crippen LogP contribution in [0.15, 0.2) is 0 Å². The predicted molar refractivity (Wildman–Crippen MR) is 86.4 cm³/mol. The average Bonchev–Trinajstić information content (AvgIpc) is 2.45. The number of methoxy groups -OCH3 is 1. The number of esters is 1. The minimum absolute atomic E-state index is 0.117. The van der Waals surface area contributed by atoms with Crippen LogP contribution in [0.5, 0.6) is 0 Å². The molecule has 0 heterocycles. The van der Waals surface area contributed by atoms with Crippen molar-refractivity contribution >= 4 is 16.8 Å². The highest BCUT2D eigenvalue weighted by Gasteiger charge is 2.01. The maximum atomic E-state index is 11.7. The third-order valence-corrected chi connectivity index (χ3v) is 4.94. The van der Waals surface area contributed by atoms with Crippen molar-refractivity contribution in [1.29, 1.82) is 0 Å². The van der Waals surface area contributed by atoms with Crippen LogP contribution in [-0.4, -0.2) is 28.8 Å². The van der Waals surface area contributed by atoms with E-state index < -0.39 is 10.8 Å². The number of unbranched alkanes of at least 4 members (excludes halogenated alkanes) is 8. The van der Waals surface area contributed by atoms with Gasteiger partial charge in [0.2, 0.25) is 0 Å². The minimum atomic E-state index is -0.616. The molecule has 0 spiro atoms. The molecule has 3 nitrogen and oxygen atoms in total. The van der Waals surface area contributed by atoms with Crippen molar-refractivity contribution in [1.82, 2.24) is 0 Å². The highest BCUT2D eigenvalue weighted by molar-refractivity contribution is 7.84. The smallest absolute Gasteiger partial charge is 0.305 e. The van der Waals surface area contributed by atoms with Gasteiger partial charge in [0.15, 0.2) is 0 Å². The molecule has 0 saturated carbocycles. The third-order valence-electron chi connectivity index (χ3n) is 3.46. The molecule has 0 aliphatic rings. The van der Waals surface area contributed by atoms with Crippen LogP contribution in [-0.2, 0) is 20.3 Å². The van der Waals surface area contributed by atoms with E-state index in [9.17, 15) is 9.00 Å². The van der Waals surface area contributed by atoms with E-state index in [0.717, 1.165) is 50.0 Å². The Kier molecular flexibility index (Phi) is 14.7. The SMILES string of the molecule is CCCCCCCS(=O)CCCCCCCC(=O)OC. The zero-order chi connectivity index (χ0) is 15.1. The maximum absolute atomic E-state index is 11.7. The first-order chi connectivity index (χ1) is 9.70. The summed E-state index contributed by atoms with van der Waals surface area (Å²) >= 11 is 0. The third kappa shape index (κ3) is 14.0. The van der Waals surface area contributed by atoms with Crippen molar-refractivity contribution in [3.05, 3.63) is 0 Å². The predicted octanol–water partition coefficient (Wildman–Crippen LogP) is 4.22. The van der Waals surface area contributed by atoms with Gasteiger partial charge in [0.1, 0.15) is 0 Å². The molecule has 0 aliphatic heterocycles. The molecule has 20 heavy (non-hydrogen) atoms. The van der Waals surface area contributed by atoms with Crippen LogP contribution < -0.4 is 0 Å². The van der Waals surface area contributed by atoms with Crippen LogP contribution in [0, 0.1) is 0 Å². The molecule has 120 valence electrons. The summed E-state index contributed by atoms with van der Waals surface area (Å²) in [6, 6.07) is 0. The summed E-state index contributed by atoms with van der Waals surface area (Å²) in [4.78, 5) is 10.9. The fourth-order valence-electron chi connectivity index (χ4n) is 2.13. The van der Waals surface area contributed by atoms with Crippen LogP contribution in [0.2, 0.25) is 0 Å². The van der Waals surface area contributed by atoms with E-state index in [2.05, 4.69) is 11.7 Å². The number of hydrogen-bond donors (Lipinski definition) is 0. The highest BCUT2D eigenvalue weighted by Crippen LogP contribution is 2.08. The van der Waals surface area contributed by atoms with Gasteiger partial charge in [-0.05, 0) is 19.3 Å². The molecule has 0 N–H and O–H groups in total. The molecule has 0 amide bonds. The summed E-state index contributed by atoms with van der Waals surface area (Å²) < 4.78 is 16.3. The second-order valence-corrected chi connectivity index (χ2v) is 7.05. The normalized spacial score (nSPS) is 12.3. The van der Waals surface area contributed by atoms with E-state index in [1.165, 1.54) is 32.8 Å². The molecule has 1 atom stereocenters. The zero-order valence-corrected chi connectivity index (χ0v) is 14.1. The number of ether oxygens (including phenoxy) is 1. The summed E-state index contributed by atoms with van der Waals surface area (Å²) in [7, 11) is 0.815. The summed E-state index contributed by atoms with van der Waals surface area (Å²) in [5.41, 5.74) is 0. The fraction of sp³-hybridized carbons (Fsp3) is 0.938. The second kappa shape index (κ2) is 15.0. The lowest BCUT2D eigenvalue weighted by atomic mass is 10.1. The standard InChI is InChI=1S/C16H32O3S/c1-3-4-5-8-11-14-20(18)15-12-9-6-7-10-13-16(17)19-2/h3-15H2,1-2H3. The number of carbonyl (C=O) groups is 1. The van der Waals surface area contributed by atoms with Gasteiger partial charge in [-0.25, -0.2) is 0 Å². The Morgan fingerprint density at radius 1 is 0.850 bits per heavy atom. The van der Waals surface area contributed by atoms with Crippen molar-refractivity contribution in [2.24, 2.45) is 0 Å². The van der Waals surface area contributed by atoms with Crippen LogP contribution in [0.1, 0.15) is 77.6 Å². The van der Waals surface area contributed by atoms with Crippen LogP contribution >= 0.6 is 0 Å². The van der Waals surface area contributed by atoms with E-state index in [1.54, 1.807) is 0 Å². The van der Waals surface area contributed by atoms with E-state index in [4.69, 9.17) is 0 Å². The minimum Gasteiger partial charge on any atom is -0.469 e. The first kappa shape index (κ1) is 19.6. The van der Waals surface area contributed by atoms with Gasteiger partial charge >= 0.3 is 5.97 Å². The summed E-state index contributed by atoms with van der Waals surface area (Å²) in [5.74, 6) is 1.62. The van der Waals surface area contributed by atoms with Crippen molar-refractivity contribution in [3.63, 3.8) is 0 Å². The largest absolute Gasteiger partial charge is 0.469 e. The molecule has 0 rings (SSSR count). The lowest BCUT2D eigenvalue weighted by molar-refractivity contribution is -0.140. The monoisotopic (exact) mass is 304 g/mol. The first-order valence-corrected chi connectivity index (χ1v) is 9.61. The molecular formula is C16H32O3S. The molecule has 1 unspecified atom stereocenters. The average molecular weight is 304 g/mol. The van der Waals surface area contributed by atoms with Gasteiger partial charge in [0.05, 0.1) is 7.11 Å². The van der Waals surface area contributed by atoms with Crippen LogP contribution in [0.4, 0.5) is 0 Å². The van der Waals surface area contributed by atoms with Crippen molar-refractivity contribution in [2.75, 3.05) is 18.6 Å². The van der Waals surface area contributed by atoms with E-state index in [1.807, 2.05) is 0 Å². The van der Waals surface area contributed by atoms with E-state index in [0.29, 0.717) is 6.42 Å². The van der Waals surface area contributed by atoms with Gasteiger partial charge in [-0.15, -0.1) is 0 Å². The Morgan fingerprint density at radius 3 is 1.90 bits per heavy atom. The van der Waals surface area contributed by atoms with Crippen LogP contribution in [0.3, 0.4) is 0 Å². The van der Waals surface area contributed by atoms with E-state index >= 15 is 0 Å². The first-order valence-electron chi connectivity index (χ1n) is 8.12. The molecule has 0 aliphatic carbocycles. The maximum Gasteiger partial charge on any atom is 0.305 e. The number of carbonyl (C=O) groups excluding carboxylic acids is 1. The fourth-order valence-corrected chi connectivity index (χ4v) is 3.39. The van der Waals surface area contributed by atoms with Gasteiger partial charge in [-0.2, -0.15) is 0 Å². The van der Waals surface area contributed by atoms with Gasteiger partial charge < -0.3 is 4.74 Å².